The molecular formula is C23H30F3N3OS. The van der Waals surface area contributed by atoms with Crippen LogP contribution in [0.4, 0.5) is 13.2 Å². The molecule has 1 N–H and O–H groups in total. The Morgan fingerprint density at radius 2 is 1.84 bits per heavy atom. The van der Waals surface area contributed by atoms with Crippen molar-refractivity contribution >= 4 is 17.2 Å². The van der Waals surface area contributed by atoms with Crippen LogP contribution in [0.2, 0.25) is 0 Å². The minimum Gasteiger partial charge on any atom is -0.338 e. The van der Waals surface area contributed by atoms with Crippen molar-refractivity contribution in [1.82, 2.24) is 15.2 Å². The number of thiazole rings is 1. The molecule has 2 aromatic rings. The van der Waals surface area contributed by atoms with Crippen LogP contribution in [0.3, 0.4) is 0 Å². The van der Waals surface area contributed by atoms with Crippen LogP contribution in [0.25, 0.3) is 10.6 Å². The number of hydrogen-bond donors (Lipinski definition) is 1. The standard InChI is InChI=1S/C23H30F3N3OS/c1-3-4-5-6-13-27-19-11-14-29(15-12-19)22(30)20-16(2)28-21(31-20)17-7-9-18(10-8-17)23(24,25)26/h7-10,19,27H,3-6,11-15H2,1-2H3. The normalized spacial score (nSPS) is 15.5. The molecule has 0 saturated carbocycles. The summed E-state index contributed by atoms with van der Waals surface area (Å²) >= 11 is 1.25. The molecule has 1 aliphatic rings. The van der Waals surface area contributed by atoms with Crippen molar-refractivity contribution in [3.63, 3.8) is 0 Å². The first-order valence-corrected chi connectivity index (χ1v) is 11.8. The number of aromatic nitrogens is 1. The van der Waals surface area contributed by atoms with E-state index in [-0.39, 0.29) is 5.91 Å². The van der Waals surface area contributed by atoms with Crippen LogP contribution < -0.4 is 5.32 Å². The van der Waals surface area contributed by atoms with Gasteiger partial charge in [0.05, 0.1) is 11.3 Å². The summed E-state index contributed by atoms with van der Waals surface area (Å²) in [4.78, 5) is 19.9. The van der Waals surface area contributed by atoms with Crippen molar-refractivity contribution in [2.45, 2.75) is 64.6 Å². The smallest absolute Gasteiger partial charge is 0.338 e. The summed E-state index contributed by atoms with van der Waals surface area (Å²) in [7, 11) is 0. The Kier molecular flexibility index (Phi) is 8.11. The third kappa shape index (κ3) is 6.29. The van der Waals surface area contributed by atoms with E-state index < -0.39 is 11.7 Å². The van der Waals surface area contributed by atoms with Gasteiger partial charge in [-0.15, -0.1) is 11.3 Å². The first kappa shape index (κ1) is 23.7. The van der Waals surface area contributed by atoms with Crippen molar-refractivity contribution < 1.29 is 18.0 Å². The number of aryl methyl sites for hydroxylation is 1. The van der Waals surface area contributed by atoms with Crippen LogP contribution >= 0.6 is 11.3 Å². The lowest BCUT2D eigenvalue weighted by Crippen LogP contribution is -2.45. The largest absolute Gasteiger partial charge is 0.416 e. The number of benzene rings is 1. The summed E-state index contributed by atoms with van der Waals surface area (Å²) in [6.07, 6.45) is 2.46. The fraction of sp³-hybridized carbons (Fsp3) is 0.565. The van der Waals surface area contributed by atoms with Crippen LogP contribution in [-0.2, 0) is 6.18 Å². The molecule has 31 heavy (non-hydrogen) atoms. The second-order valence-corrected chi connectivity index (χ2v) is 9.09. The molecule has 0 unspecified atom stereocenters. The maximum atomic E-state index is 13.0. The van der Waals surface area contributed by atoms with Crippen molar-refractivity contribution in [2.75, 3.05) is 19.6 Å². The van der Waals surface area contributed by atoms with Crippen molar-refractivity contribution in [1.29, 1.82) is 0 Å². The van der Waals surface area contributed by atoms with E-state index in [1.165, 1.54) is 49.2 Å². The van der Waals surface area contributed by atoms with Crippen molar-refractivity contribution in [2.24, 2.45) is 0 Å². The zero-order valence-corrected chi connectivity index (χ0v) is 18.9. The van der Waals surface area contributed by atoms with Gasteiger partial charge in [-0.25, -0.2) is 4.98 Å². The molecule has 0 atom stereocenters. The first-order valence-electron chi connectivity index (χ1n) is 11.0. The van der Waals surface area contributed by atoms with Gasteiger partial charge in [-0.1, -0.05) is 38.3 Å². The van der Waals surface area contributed by atoms with Gasteiger partial charge < -0.3 is 10.2 Å². The number of carbonyl (C=O) groups is 1. The molecule has 1 aliphatic heterocycles. The van der Waals surface area contributed by atoms with Gasteiger partial charge in [0.1, 0.15) is 9.88 Å². The Morgan fingerprint density at radius 1 is 1.16 bits per heavy atom. The second-order valence-electron chi connectivity index (χ2n) is 8.09. The molecule has 0 spiro atoms. The highest BCUT2D eigenvalue weighted by Gasteiger charge is 2.30. The Balaban J connectivity index is 1.57. The van der Waals surface area contributed by atoms with Gasteiger partial charge in [0.15, 0.2) is 0 Å². The number of nitrogens with zero attached hydrogens (tertiary/aromatic N) is 2. The Morgan fingerprint density at radius 3 is 2.45 bits per heavy atom. The highest BCUT2D eigenvalue weighted by Crippen LogP contribution is 2.33. The topological polar surface area (TPSA) is 45.2 Å². The molecule has 1 aromatic carbocycles. The number of carbonyl (C=O) groups excluding carboxylic acids is 1. The number of piperidine rings is 1. The molecule has 4 nitrogen and oxygen atoms in total. The first-order chi connectivity index (χ1) is 14.8. The van der Waals surface area contributed by atoms with E-state index in [0.717, 1.165) is 31.5 Å². The van der Waals surface area contributed by atoms with Crippen LogP contribution in [0, 0.1) is 6.92 Å². The van der Waals surface area contributed by atoms with E-state index in [9.17, 15) is 18.0 Å². The van der Waals surface area contributed by atoms with Crippen LogP contribution in [0.15, 0.2) is 24.3 Å². The Hall–Kier alpha value is -1.93. The third-order valence-corrected chi connectivity index (χ3v) is 6.89. The average Bonchev–Trinajstić information content (AvgIpc) is 3.14. The maximum absolute atomic E-state index is 13.0. The molecule has 3 rings (SSSR count). The molecule has 1 fully saturated rings. The van der Waals surface area contributed by atoms with Gasteiger partial charge in [0.25, 0.3) is 5.91 Å². The predicted octanol–water partition coefficient (Wildman–Crippen LogP) is 5.91. The van der Waals surface area contributed by atoms with Gasteiger partial charge >= 0.3 is 6.18 Å². The lowest BCUT2D eigenvalue weighted by molar-refractivity contribution is -0.137. The van der Waals surface area contributed by atoms with Crippen LogP contribution in [0.1, 0.15) is 66.4 Å². The van der Waals surface area contributed by atoms with E-state index in [1.807, 2.05) is 4.90 Å². The molecular weight excluding hydrogens is 423 g/mol. The quantitative estimate of drug-likeness (QED) is 0.505. The number of unbranched alkanes of at least 4 members (excludes halogenated alkanes) is 3. The van der Waals surface area contributed by atoms with Crippen molar-refractivity contribution in [3.8, 4) is 10.6 Å². The fourth-order valence-corrected chi connectivity index (χ4v) is 4.85. The number of halogens is 3. The minimum absolute atomic E-state index is 0.0328. The zero-order chi connectivity index (χ0) is 22.4. The van der Waals surface area contributed by atoms with Crippen LogP contribution in [0.5, 0.6) is 0 Å². The number of likely N-dealkylation sites (tertiary alicyclic amines) is 1. The van der Waals surface area contributed by atoms with E-state index in [0.29, 0.717) is 40.3 Å². The zero-order valence-electron chi connectivity index (χ0n) is 18.1. The Bertz CT molecular complexity index is 856. The lowest BCUT2D eigenvalue weighted by Gasteiger charge is -2.32. The highest BCUT2D eigenvalue weighted by atomic mass is 32.1. The van der Waals surface area contributed by atoms with Gasteiger partial charge in [-0.05, 0) is 44.9 Å². The number of amides is 1. The molecule has 1 aromatic heterocycles. The summed E-state index contributed by atoms with van der Waals surface area (Å²) in [5.74, 6) is -0.0328. The lowest BCUT2D eigenvalue weighted by atomic mass is 10.0. The van der Waals surface area contributed by atoms with Crippen LogP contribution in [-0.4, -0.2) is 41.5 Å². The maximum Gasteiger partial charge on any atom is 0.416 e. The molecule has 8 heteroatoms. The molecule has 170 valence electrons. The number of hydrogen-bond acceptors (Lipinski definition) is 4. The number of nitrogens with one attached hydrogen (secondary N) is 1. The number of rotatable bonds is 8. The van der Waals surface area contributed by atoms with Gasteiger partial charge in [-0.3, -0.25) is 4.79 Å². The summed E-state index contributed by atoms with van der Waals surface area (Å²) in [5, 5.41) is 4.17. The monoisotopic (exact) mass is 453 g/mol. The minimum atomic E-state index is -4.37. The Labute approximate surface area is 185 Å². The summed E-state index contributed by atoms with van der Waals surface area (Å²) in [6.45, 7) is 6.43. The van der Waals surface area contributed by atoms with E-state index >= 15 is 0 Å². The van der Waals surface area contributed by atoms with E-state index in [2.05, 4.69) is 17.2 Å². The average molecular weight is 454 g/mol. The van der Waals surface area contributed by atoms with Crippen molar-refractivity contribution in [3.05, 3.63) is 40.4 Å². The fourth-order valence-electron chi connectivity index (χ4n) is 3.81. The molecule has 0 radical (unpaired) electrons. The third-order valence-electron chi connectivity index (χ3n) is 5.70. The summed E-state index contributed by atoms with van der Waals surface area (Å²) in [5.41, 5.74) is 0.523. The molecule has 2 heterocycles. The summed E-state index contributed by atoms with van der Waals surface area (Å²) < 4.78 is 38.3. The molecule has 1 saturated heterocycles. The van der Waals surface area contributed by atoms with Gasteiger partial charge in [0, 0.05) is 24.7 Å². The van der Waals surface area contributed by atoms with Gasteiger partial charge in [0.2, 0.25) is 0 Å². The van der Waals surface area contributed by atoms with E-state index in [4.69, 9.17) is 0 Å². The van der Waals surface area contributed by atoms with Gasteiger partial charge in [-0.2, -0.15) is 13.2 Å². The summed E-state index contributed by atoms with van der Waals surface area (Å²) in [6, 6.07) is 5.37. The molecule has 0 aliphatic carbocycles. The van der Waals surface area contributed by atoms with E-state index in [1.54, 1.807) is 6.92 Å². The highest BCUT2D eigenvalue weighted by molar-refractivity contribution is 7.17. The number of alkyl halides is 3. The predicted molar refractivity (Wildman–Crippen MR) is 118 cm³/mol. The molecule has 0 bridgehead atoms. The SMILES string of the molecule is CCCCCCNC1CCN(C(=O)c2sc(-c3ccc(C(F)(F)F)cc3)nc2C)CC1. The second kappa shape index (κ2) is 10.6. The molecule has 1 amide bonds.